The first kappa shape index (κ1) is 18.5. The van der Waals surface area contributed by atoms with Gasteiger partial charge in [0, 0.05) is 18.8 Å². The van der Waals surface area contributed by atoms with E-state index in [1.807, 2.05) is 6.92 Å². The maximum Gasteiger partial charge on any atom is 0.255 e. The topological polar surface area (TPSA) is 143 Å². The SMILES string of the molecule is C[C@H](CCO)Nc1nc(Nc2ccc(S(N)(=O)=O)nc2)ncc1Br. The van der Waals surface area contributed by atoms with Crippen LogP contribution in [0, 0.1) is 0 Å². The van der Waals surface area contributed by atoms with Gasteiger partial charge in [0.15, 0.2) is 5.03 Å². The number of primary sulfonamides is 1. The number of pyridine rings is 1. The lowest BCUT2D eigenvalue weighted by molar-refractivity contribution is 0.282. The van der Waals surface area contributed by atoms with E-state index < -0.39 is 10.0 Å². The molecule has 2 aromatic rings. The van der Waals surface area contributed by atoms with Crippen LogP contribution in [-0.4, -0.2) is 41.1 Å². The molecule has 2 aromatic heterocycles. The van der Waals surface area contributed by atoms with Crippen LogP contribution in [0.15, 0.2) is 34.0 Å². The number of hydrogen-bond acceptors (Lipinski definition) is 8. The Morgan fingerprint density at radius 2 is 2.08 bits per heavy atom. The van der Waals surface area contributed by atoms with Crippen LogP contribution in [0.25, 0.3) is 0 Å². The predicted octanol–water partition coefficient (Wildman–Crippen LogP) is 1.21. The summed E-state index contributed by atoms with van der Waals surface area (Å²) in [5.74, 6) is 0.879. The summed E-state index contributed by atoms with van der Waals surface area (Å²) in [6.07, 6.45) is 3.49. The predicted molar refractivity (Wildman–Crippen MR) is 93.4 cm³/mol. The molecule has 11 heteroatoms. The molecule has 0 spiro atoms. The van der Waals surface area contributed by atoms with Gasteiger partial charge in [0.2, 0.25) is 5.95 Å². The van der Waals surface area contributed by atoms with Gasteiger partial charge in [-0.1, -0.05) is 0 Å². The van der Waals surface area contributed by atoms with Gasteiger partial charge in [-0.2, -0.15) is 4.98 Å². The molecule has 0 saturated carbocycles. The summed E-state index contributed by atoms with van der Waals surface area (Å²) in [4.78, 5) is 12.2. The normalized spacial score (nSPS) is 12.7. The van der Waals surface area contributed by atoms with Crippen molar-refractivity contribution in [3.63, 3.8) is 0 Å². The zero-order chi connectivity index (χ0) is 17.7. The Kier molecular flexibility index (Phi) is 6.04. The van der Waals surface area contributed by atoms with E-state index >= 15 is 0 Å². The Labute approximate surface area is 147 Å². The zero-order valence-corrected chi connectivity index (χ0v) is 15.2. The van der Waals surface area contributed by atoms with Crippen LogP contribution in [-0.2, 0) is 10.0 Å². The molecule has 0 unspecified atom stereocenters. The quantitative estimate of drug-likeness (QED) is 0.526. The molecular formula is C13H17BrN6O3S. The van der Waals surface area contributed by atoms with E-state index in [9.17, 15) is 8.42 Å². The molecule has 0 aliphatic rings. The highest BCUT2D eigenvalue weighted by molar-refractivity contribution is 9.10. The number of rotatable bonds is 7. The molecule has 2 heterocycles. The van der Waals surface area contributed by atoms with Crippen molar-refractivity contribution < 1.29 is 13.5 Å². The summed E-state index contributed by atoms with van der Waals surface area (Å²) in [5, 5.41) is 19.8. The third-order valence-electron chi connectivity index (χ3n) is 2.97. The lowest BCUT2D eigenvalue weighted by Gasteiger charge is -2.15. The molecule has 0 amide bonds. The zero-order valence-electron chi connectivity index (χ0n) is 12.8. The number of halogens is 1. The lowest BCUT2D eigenvalue weighted by Crippen LogP contribution is -2.18. The Balaban J connectivity index is 2.15. The van der Waals surface area contributed by atoms with Crippen LogP contribution >= 0.6 is 15.9 Å². The van der Waals surface area contributed by atoms with Gasteiger partial charge in [0.25, 0.3) is 10.0 Å². The van der Waals surface area contributed by atoms with Gasteiger partial charge in [-0.25, -0.2) is 23.5 Å². The summed E-state index contributed by atoms with van der Waals surface area (Å²) in [5.41, 5.74) is 0.513. The summed E-state index contributed by atoms with van der Waals surface area (Å²) >= 11 is 3.36. The average molecular weight is 417 g/mol. The molecule has 1 atom stereocenters. The first-order valence-corrected chi connectivity index (χ1v) is 9.29. The first-order chi connectivity index (χ1) is 11.3. The summed E-state index contributed by atoms with van der Waals surface area (Å²) in [7, 11) is -3.83. The number of aliphatic hydroxyl groups is 1. The summed E-state index contributed by atoms with van der Waals surface area (Å²) < 4.78 is 23.0. The molecule has 130 valence electrons. The number of hydrogen-bond donors (Lipinski definition) is 4. The van der Waals surface area contributed by atoms with E-state index in [4.69, 9.17) is 10.2 Å². The molecule has 0 aliphatic carbocycles. The number of nitrogens with one attached hydrogen (secondary N) is 2. The lowest BCUT2D eigenvalue weighted by atomic mass is 10.2. The van der Waals surface area contributed by atoms with Crippen molar-refractivity contribution in [3.05, 3.63) is 29.0 Å². The molecular weight excluding hydrogens is 400 g/mol. The van der Waals surface area contributed by atoms with Gasteiger partial charge in [0.05, 0.1) is 16.4 Å². The van der Waals surface area contributed by atoms with Crippen LogP contribution < -0.4 is 15.8 Å². The van der Waals surface area contributed by atoms with Crippen molar-refractivity contribution >= 4 is 43.4 Å². The van der Waals surface area contributed by atoms with E-state index in [2.05, 4.69) is 41.5 Å². The molecule has 2 rings (SSSR count). The highest BCUT2D eigenvalue weighted by atomic mass is 79.9. The highest BCUT2D eigenvalue weighted by Gasteiger charge is 2.11. The number of sulfonamides is 1. The van der Waals surface area contributed by atoms with E-state index in [-0.39, 0.29) is 17.7 Å². The van der Waals surface area contributed by atoms with E-state index in [1.165, 1.54) is 18.3 Å². The Morgan fingerprint density at radius 1 is 1.33 bits per heavy atom. The standard InChI is InChI=1S/C13H17BrN6O3S/c1-8(4-5-21)18-12-10(14)7-17-13(20-12)19-9-2-3-11(16-6-9)24(15,22)23/h2-3,6-8,21H,4-5H2,1H3,(H2,15,22,23)(H2,17,18,19,20)/t8-/m1/s1. The van der Waals surface area contributed by atoms with Gasteiger partial charge < -0.3 is 15.7 Å². The fourth-order valence-corrected chi connectivity index (χ4v) is 2.54. The largest absolute Gasteiger partial charge is 0.396 e. The van der Waals surface area contributed by atoms with Crippen LogP contribution in [0.2, 0.25) is 0 Å². The minimum absolute atomic E-state index is 0.0322. The van der Waals surface area contributed by atoms with Crippen molar-refractivity contribution in [2.24, 2.45) is 5.14 Å². The number of nitrogens with two attached hydrogens (primary N) is 1. The third kappa shape index (κ3) is 5.09. The molecule has 0 bridgehead atoms. The van der Waals surface area contributed by atoms with Gasteiger partial charge in [-0.3, -0.25) is 0 Å². The van der Waals surface area contributed by atoms with Crippen LogP contribution in [0.4, 0.5) is 17.5 Å². The van der Waals surface area contributed by atoms with E-state index in [0.29, 0.717) is 28.3 Å². The Morgan fingerprint density at radius 3 is 2.67 bits per heavy atom. The maximum absolute atomic E-state index is 11.2. The Bertz CT molecular complexity index is 800. The molecule has 9 nitrogen and oxygen atoms in total. The van der Waals surface area contributed by atoms with Gasteiger partial charge in [-0.15, -0.1) is 0 Å². The molecule has 5 N–H and O–H groups in total. The molecule has 0 radical (unpaired) electrons. The number of anilines is 3. The first-order valence-electron chi connectivity index (χ1n) is 6.95. The Hall–Kier alpha value is -1.82. The van der Waals surface area contributed by atoms with Crippen molar-refractivity contribution in [2.45, 2.75) is 24.4 Å². The highest BCUT2D eigenvalue weighted by Crippen LogP contribution is 2.23. The fourth-order valence-electron chi connectivity index (χ4n) is 1.78. The van der Waals surface area contributed by atoms with Gasteiger partial charge >= 0.3 is 0 Å². The second-order valence-corrected chi connectivity index (χ2v) is 7.37. The molecule has 0 saturated heterocycles. The van der Waals surface area contributed by atoms with E-state index in [1.54, 1.807) is 6.20 Å². The number of aromatic nitrogens is 3. The van der Waals surface area contributed by atoms with Gasteiger partial charge in [-0.05, 0) is 41.4 Å². The van der Waals surface area contributed by atoms with Gasteiger partial charge in [0.1, 0.15) is 5.82 Å². The minimum atomic E-state index is -3.83. The molecule has 0 aromatic carbocycles. The maximum atomic E-state index is 11.2. The van der Waals surface area contributed by atoms with Crippen LogP contribution in [0.5, 0.6) is 0 Å². The smallest absolute Gasteiger partial charge is 0.255 e. The number of aliphatic hydroxyl groups excluding tert-OH is 1. The fraction of sp³-hybridized carbons (Fsp3) is 0.308. The average Bonchev–Trinajstić information content (AvgIpc) is 2.50. The van der Waals surface area contributed by atoms with Crippen molar-refractivity contribution in [3.8, 4) is 0 Å². The third-order valence-corrected chi connectivity index (χ3v) is 4.38. The number of nitrogens with zero attached hydrogens (tertiary/aromatic N) is 3. The summed E-state index contributed by atoms with van der Waals surface area (Å²) in [6, 6.07) is 2.84. The van der Waals surface area contributed by atoms with Crippen molar-refractivity contribution in [1.29, 1.82) is 0 Å². The monoisotopic (exact) mass is 416 g/mol. The molecule has 0 fully saturated rings. The van der Waals surface area contributed by atoms with Crippen LogP contribution in [0.3, 0.4) is 0 Å². The van der Waals surface area contributed by atoms with Crippen molar-refractivity contribution in [2.75, 3.05) is 17.2 Å². The van der Waals surface area contributed by atoms with Crippen molar-refractivity contribution in [1.82, 2.24) is 15.0 Å². The molecule has 24 heavy (non-hydrogen) atoms. The second-order valence-electron chi connectivity index (χ2n) is 5.00. The van der Waals surface area contributed by atoms with Crippen LogP contribution in [0.1, 0.15) is 13.3 Å². The summed E-state index contributed by atoms with van der Waals surface area (Å²) in [6.45, 7) is 2.00. The second kappa shape index (κ2) is 7.83. The minimum Gasteiger partial charge on any atom is -0.396 e. The molecule has 0 aliphatic heterocycles. The van der Waals surface area contributed by atoms with E-state index in [0.717, 1.165) is 0 Å².